The van der Waals surface area contributed by atoms with E-state index >= 15 is 0 Å². The minimum Gasteiger partial charge on any atom is -0.465 e. The van der Waals surface area contributed by atoms with Gasteiger partial charge in [-0.25, -0.2) is 4.79 Å². The average Bonchev–Trinajstić information content (AvgIpc) is 2.95. The first kappa shape index (κ1) is 20.3. The molecule has 2 amide bonds. The number of imide groups is 1. The number of ether oxygens (including phenoxy) is 1. The van der Waals surface area contributed by atoms with Gasteiger partial charge in [0.2, 0.25) is 0 Å². The highest BCUT2D eigenvalue weighted by molar-refractivity contribution is 8.18. The summed E-state index contributed by atoms with van der Waals surface area (Å²) < 4.78 is 4.73. The maximum Gasteiger partial charge on any atom is 0.339 e. The van der Waals surface area contributed by atoms with Crippen LogP contribution in [0, 0.1) is 0 Å². The first-order valence-electron chi connectivity index (χ1n) is 8.03. The van der Waals surface area contributed by atoms with Crippen LogP contribution in [0.25, 0.3) is 6.08 Å². The van der Waals surface area contributed by atoms with Crippen LogP contribution in [0.3, 0.4) is 0 Å². The fraction of sp³-hybridized carbons (Fsp3) is 0.105. The summed E-state index contributed by atoms with van der Waals surface area (Å²) in [4.78, 5) is 38.0. The molecule has 1 fully saturated rings. The maximum absolute atomic E-state index is 12.6. The molecule has 0 aliphatic carbocycles. The molecule has 2 aromatic rings. The number of thioether (sulfide) groups is 1. The monoisotopic (exact) mass is 436 g/mol. The Labute approximate surface area is 175 Å². The van der Waals surface area contributed by atoms with E-state index in [4.69, 9.17) is 27.9 Å². The highest BCUT2D eigenvalue weighted by Crippen LogP contribution is 2.35. The molecular weight excluding hydrogens is 423 g/mol. The van der Waals surface area contributed by atoms with Gasteiger partial charge in [-0.15, -0.1) is 0 Å². The third kappa shape index (κ3) is 4.16. The minimum atomic E-state index is -0.523. The first-order chi connectivity index (χ1) is 13.4. The molecule has 9 heteroatoms. The lowest BCUT2D eigenvalue weighted by Gasteiger charge is -2.16. The van der Waals surface area contributed by atoms with Crippen LogP contribution in [0.5, 0.6) is 0 Å². The quantitative estimate of drug-likeness (QED) is 0.531. The molecule has 6 nitrogen and oxygen atoms in total. The number of carbonyl (C=O) groups excluding carboxylic acids is 3. The summed E-state index contributed by atoms with van der Waals surface area (Å²) in [6, 6.07) is 11.6. The zero-order valence-electron chi connectivity index (χ0n) is 14.6. The van der Waals surface area contributed by atoms with Crippen LogP contribution >= 0.6 is 35.0 Å². The Morgan fingerprint density at radius 1 is 1.14 bits per heavy atom. The number of para-hydroxylation sites is 1. The van der Waals surface area contributed by atoms with Crippen LogP contribution in [0.4, 0.5) is 10.5 Å². The molecule has 28 heavy (non-hydrogen) atoms. The van der Waals surface area contributed by atoms with Crippen molar-refractivity contribution in [2.75, 3.05) is 19.1 Å². The van der Waals surface area contributed by atoms with Crippen LogP contribution < -0.4 is 5.32 Å². The molecule has 3 rings (SSSR count). The molecule has 0 spiro atoms. The van der Waals surface area contributed by atoms with Crippen molar-refractivity contribution in [3.05, 3.63) is 68.5 Å². The molecule has 1 N–H and O–H groups in total. The van der Waals surface area contributed by atoms with Gasteiger partial charge in [0, 0.05) is 15.6 Å². The second-order valence-electron chi connectivity index (χ2n) is 5.62. The van der Waals surface area contributed by atoms with Gasteiger partial charge in [0.1, 0.15) is 0 Å². The molecule has 2 aromatic carbocycles. The van der Waals surface area contributed by atoms with Gasteiger partial charge in [-0.1, -0.05) is 41.4 Å². The van der Waals surface area contributed by atoms with E-state index in [2.05, 4.69) is 5.32 Å². The van der Waals surface area contributed by atoms with E-state index in [9.17, 15) is 14.4 Å². The summed E-state index contributed by atoms with van der Waals surface area (Å²) in [6.07, 6.45) is 1.50. The normalized spacial score (nSPS) is 15.2. The summed E-state index contributed by atoms with van der Waals surface area (Å²) in [6.45, 7) is -0.105. The van der Waals surface area contributed by atoms with Gasteiger partial charge in [-0.2, -0.15) is 0 Å². The molecule has 1 aliphatic heterocycles. The average molecular weight is 437 g/mol. The van der Waals surface area contributed by atoms with Gasteiger partial charge >= 0.3 is 5.97 Å². The molecule has 0 atom stereocenters. The topological polar surface area (TPSA) is 75.7 Å². The fourth-order valence-corrected chi connectivity index (χ4v) is 3.83. The maximum atomic E-state index is 12.6. The van der Waals surface area contributed by atoms with Crippen LogP contribution in [0.2, 0.25) is 10.0 Å². The van der Waals surface area contributed by atoms with E-state index in [1.54, 1.807) is 42.5 Å². The third-order valence-electron chi connectivity index (χ3n) is 3.91. The highest BCUT2D eigenvalue weighted by Gasteiger charge is 2.35. The number of hydrogen-bond donors (Lipinski definition) is 1. The first-order valence-corrected chi connectivity index (χ1v) is 9.60. The number of nitrogens with zero attached hydrogens (tertiary/aromatic N) is 1. The van der Waals surface area contributed by atoms with E-state index in [1.807, 2.05) is 0 Å². The van der Waals surface area contributed by atoms with Crippen LogP contribution in [-0.4, -0.2) is 35.8 Å². The summed E-state index contributed by atoms with van der Waals surface area (Å²) in [5, 5.41) is 3.25. The van der Waals surface area contributed by atoms with Crippen molar-refractivity contribution in [3.8, 4) is 0 Å². The minimum absolute atomic E-state index is 0.105. The Balaban J connectivity index is 1.79. The number of halogens is 2. The molecule has 0 saturated carbocycles. The van der Waals surface area contributed by atoms with Gasteiger partial charge < -0.3 is 10.1 Å². The van der Waals surface area contributed by atoms with Crippen molar-refractivity contribution in [1.82, 2.24) is 4.90 Å². The van der Waals surface area contributed by atoms with Crippen molar-refractivity contribution in [3.63, 3.8) is 0 Å². The highest BCUT2D eigenvalue weighted by atomic mass is 35.5. The number of esters is 1. The SMILES string of the molecule is COC(=O)c1ccccc1NCN1C(=O)SC(=Cc2c(Cl)cccc2Cl)C1=O. The van der Waals surface area contributed by atoms with E-state index in [1.165, 1.54) is 13.2 Å². The molecule has 0 unspecified atom stereocenters. The Bertz CT molecular complexity index is 973. The fourth-order valence-electron chi connectivity index (χ4n) is 2.51. The largest absolute Gasteiger partial charge is 0.465 e. The zero-order valence-corrected chi connectivity index (χ0v) is 16.9. The number of hydrogen-bond acceptors (Lipinski definition) is 6. The number of carbonyl (C=O) groups is 3. The number of nitrogens with one attached hydrogen (secondary N) is 1. The summed E-state index contributed by atoms with van der Waals surface area (Å²) in [7, 11) is 1.28. The summed E-state index contributed by atoms with van der Waals surface area (Å²) >= 11 is 13.0. The Morgan fingerprint density at radius 3 is 2.50 bits per heavy atom. The molecule has 144 valence electrons. The molecule has 1 saturated heterocycles. The Kier molecular flexibility index (Phi) is 6.28. The zero-order chi connectivity index (χ0) is 20.3. The van der Waals surface area contributed by atoms with Crippen molar-refractivity contribution in [1.29, 1.82) is 0 Å². The van der Waals surface area contributed by atoms with E-state index in [0.717, 1.165) is 16.7 Å². The third-order valence-corrected chi connectivity index (χ3v) is 5.48. The van der Waals surface area contributed by atoms with E-state index < -0.39 is 17.1 Å². The molecule has 0 aromatic heterocycles. The van der Waals surface area contributed by atoms with Crippen molar-refractivity contribution >= 4 is 63.8 Å². The standard InChI is InChI=1S/C19H14Cl2N2O4S/c1-27-18(25)11-5-2-3-8-15(11)22-10-23-17(24)16(28-19(23)26)9-12-13(20)6-4-7-14(12)21/h2-9,22H,10H2,1H3. The second-order valence-corrected chi connectivity index (χ2v) is 7.42. The van der Waals surface area contributed by atoms with Gasteiger partial charge in [-0.05, 0) is 42.1 Å². The summed E-state index contributed by atoms with van der Waals surface area (Å²) in [5.74, 6) is -1.00. The lowest BCUT2D eigenvalue weighted by atomic mass is 10.2. The van der Waals surface area contributed by atoms with Gasteiger partial charge in [-0.3, -0.25) is 14.5 Å². The molecular formula is C19H14Cl2N2O4S. The number of amides is 2. The smallest absolute Gasteiger partial charge is 0.339 e. The second kappa shape index (κ2) is 8.68. The molecule has 1 aliphatic rings. The molecule has 0 radical (unpaired) electrons. The number of rotatable bonds is 5. The van der Waals surface area contributed by atoms with Crippen LogP contribution in [0.15, 0.2) is 47.4 Å². The van der Waals surface area contributed by atoms with Crippen molar-refractivity contribution in [2.45, 2.75) is 0 Å². The van der Waals surface area contributed by atoms with Gasteiger partial charge in [0.25, 0.3) is 11.1 Å². The van der Waals surface area contributed by atoms with Crippen molar-refractivity contribution < 1.29 is 19.1 Å². The van der Waals surface area contributed by atoms with Crippen LogP contribution in [0.1, 0.15) is 15.9 Å². The predicted octanol–water partition coefficient (Wildman–Crippen LogP) is 4.89. The number of anilines is 1. The molecule has 1 heterocycles. The summed E-state index contributed by atoms with van der Waals surface area (Å²) in [5.41, 5.74) is 1.22. The number of methoxy groups -OCH3 is 1. The van der Waals surface area contributed by atoms with Crippen molar-refractivity contribution in [2.24, 2.45) is 0 Å². The van der Waals surface area contributed by atoms with Gasteiger partial charge in [0.15, 0.2) is 0 Å². The Hall–Kier alpha value is -2.48. The van der Waals surface area contributed by atoms with Crippen LogP contribution in [-0.2, 0) is 9.53 Å². The lowest BCUT2D eigenvalue weighted by Crippen LogP contribution is -2.33. The van der Waals surface area contributed by atoms with Gasteiger partial charge in [0.05, 0.1) is 29.9 Å². The Morgan fingerprint density at radius 2 is 1.82 bits per heavy atom. The lowest BCUT2D eigenvalue weighted by molar-refractivity contribution is -0.122. The van der Waals surface area contributed by atoms with E-state index in [0.29, 0.717) is 26.9 Å². The number of benzene rings is 2. The van der Waals surface area contributed by atoms with E-state index in [-0.39, 0.29) is 11.6 Å². The predicted molar refractivity (Wildman–Crippen MR) is 111 cm³/mol. The molecule has 0 bridgehead atoms.